The lowest BCUT2D eigenvalue weighted by molar-refractivity contribution is -0.137. The number of carbonyl (C=O) groups is 2. The van der Waals surface area contributed by atoms with E-state index in [0.717, 1.165) is 22.2 Å². The first kappa shape index (κ1) is 19.6. The Kier molecular flexibility index (Phi) is 4.77. The molecule has 1 N–H and O–H groups in total. The number of aromatic nitrogens is 2. The maximum atomic E-state index is 12.7. The van der Waals surface area contributed by atoms with Crippen molar-refractivity contribution in [2.75, 3.05) is 16.9 Å². The summed E-state index contributed by atoms with van der Waals surface area (Å²) in [7, 11) is 0. The van der Waals surface area contributed by atoms with E-state index in [0.29, 0.717) is 12.0 Å². The van der Waals surface area contributed by atoms with Crippen molar-refractivity contribution in [3.05, 3.63) is 35.7 Å². The van der Waals surface area contributed by atoms with E-state index >= 15 is 0 Å². The highest BCUT2D eigenvalue weighted by molar-refractivity contribution is 6.01. The van der Waals surface area contributed by atoms with Crippen molar-refractivity contribution < 1.29 is 27.3 Å². The van der Waals surface area contributed by atoms with Crippen LogP contribution >= 0.6 is 0 Å². The highest BCUT2D eigenvalue weighted by atomic mass is 19.4. The predicted octanol–water partition coefficient (Wildman–Crippen LogP) is 3.57. The minimum Gasteiger partial charge on any atom is -0.359 e. The number of hydrogen-bond donors (Lipinski definition) is 1. The minimum atomic E-state index is -4.55. The largest absolute Gasteiger partial charge is 0.417 e. The van der Waals surface area contributed by atoms with Crippen LogP contribution in [-0.4, -0.2) is 33.6 Å². The molecule has 2 aromatic heterocycles. The van der Waals surface area contributed by atoms with Gasteiger partial charge in [-0.15, -0.1) is 0 Å². The number of hydrazine groups is 1. The van der Waals surface area contributed by atoms with Crippen LogP contribution in [0.1, 0.15) is 38.5 Å². The van der Waals surface area contributed by atoms with E-state index in [4.69, 9.17) is 4.52 Å². The number of carbonyl (C=O) groups excluding carboxylic acids is 2. The van der Waals surface area contributed by atoms with Gasteiger partial charge < -0.3 is 4.52 Å². The molecule has 1 fully saturated rings. The molecule has 3 heterocycles. The number of hydrogen-bond acceptors (Lipinski definition) is 5. The zero-order valence-electron chi connectivity index (χ0n) is 15.4. The summed E-state index contributed by atoms with van der Waals surface area (Å²) in [6.45, 7) is 5.79. The number of urea groups is 1. The molecule has 0 bridgehead atoms. The van der Waals surface area contributed by atoms with Crippen LogP contribution in [0.2, 0.25) is 0 Å². The molecule has 0 aromatic carbocycles. The average Bonchev–Trinajstić information content (AvgIpc) is 3.20. The molecular formula is C17H18F3N5O3. The van der Waals surface area contributed by atoms with Crippen LogP contribution in [0.3, 0.4) is 0 Å². The van der Waals surface area contributed by atoms with Crippen molar-refractivity contribution in [2.45, 2.75) is 38.8 Å². The van der Waals surface area contributed by atoms with E-state index in [-0.39, 0.29) is 30.0 Å². The zero-order chi connectivity index (χ0) is 20.7. The van der Waals surface area contributed by atoms with Gasteiger partial charge in [0.25, 0.3) is 0 Å². The molecule has 0 radical (unpaired) electrons. The second-order valence-corrected chi connectivity index (χ2v) is 7.24. The molecule has 0 saturated carbocycles. The summed E-state index contributed by atoms with van der Waals surface area (Å²) in [5, 5.41) is 8.29. The van der Waals surface area contributed by atoms with Gasteiger partial charge in [0.05, 0.1) is 12.1 Å². The Balaban J connectivity index is 1.78. The smallest absolute Gasteiger partial charge is 0.359 e. The molecule has 8 nitrogen and oxygen atoms in total. The molecule has 3 rings (SSSR count). The van der Waals surface area contributed by atoms with E-state index in [1.807, 2.05) is 20.8 Å². The van der Waals surface area contributed by atoms with Crippen molar-refractivity contribution in [2.24, 2.45) is 0 Å². The maximum Gasteiger partial charge on any atom is 0.417 e. The molecule has 0 unspecified atom stereocenters. The maximum absolute atomic E-state index is 12.7. The lowest BCUT2D eigenvalue weighted by Gasteiger charge is -2.26. The Morgan fingerprint density at radius 2 is 1.96 bits per heavy atom. The number of anilines is 2. The van der Waals surface area contributed by atoms with E-state index < -0.39 is 23.7 Å². The van der Waals surface area contributed by atoms with Gasteiger partial charge in [0.15, 0.2) is 11.6 Å². The van der Waals surface area contributed by atoms with Crippen molar-refractivity contribution in [3.8, 4) is 0 Å². The number of rotatable bonds is 2. The molecule has 2 aromatic rings. The fraction of sp³-hybridized carbons (Fsp3) is 0.412. The predicted molar refractivity (Wildman–Crippen MR) is 92.3 cm³/mol. The van der Waals surface area contributed by atoms with Gasteiger partial charge in [-0.25, -0.2) is 14.8 Å². The van der Waals surface area contributed by atoms with Crippen LogP contribution in [0.4, 0.5) is 29.6 Å². The van der Waals surface area contributed by atoms with Crippen LogP contribution in [0.15, 0.2) is 28.9 Å². The molecule has 0 atom stereocenters. The number of halogens is 3. The first-order chi connectivity index (χ1) is 13.0. The van der Waals surface area contributed by atoms with Gasteiger partial charge in [-0.1, -0.05) is 25.9 Å². The zero-order valence-corrected chi connectivity index (χ0v) is 15.4. The van der Waals surface area contributed by atoms with E-state index in [9.17, 15) is 22.8 Å². The molecule has 28 heavy (non-hydrogen) atoms. The van der Waals surface area contributed by atoms with Gasteiger partial charge in [0.2, 0.25) is 5.91 Å². The monoisotopic (exact) mass is 397 g/mol. The number of nitrogens with zero attached hydrogens (tertiary/aromatic N) is 4. The Morgan fingerprint density at radius 3 is 2.50 bits per heavy atom. The number of amides is 3. The molecular weight excluding hydrogens is 379 g/mol. The van der Waals surface area contributed by atoms with Gasteiger partial charge >= 0.3 is 12.2 Å². The van der Waals surface area contributed by atoms with E-state index in [1.54, 1.807) is 6.07 Å². The van der Waals surface area contributed by atoms with Crippen molar-refractivity contribution in [1.29, 1.82) is 0 Å². The number of nitrogens with one attached hydrogen (secondary N) is 1. The van der Waals surface area contributed by atoms with Crippen LogP contribution in [0.25, 0.3) is 0 Å². The van der Waals surface area contributed by atoms with Gasteiger partial charge in [-0.3, -0.25) is 10.1 Å². The SMILES string of the molecule is CC(C)(C)c1cc(NC(=O)N2CCC(=O)N2c2ccc(C(F)(F)F)cn2)no1. The summed E-state index contributed by atoms with van der Waals surface area (Å²) in [5.41, 5.74) is -1.26. The van der Waals surface area contributed by atoms with Crippen molar-refractivity contribution in [1.82, 2.24) is 15.1 Å². The van der Waals surface area contributed by atoms with Gasteiger partial charge in [0, 0.05) is 24.1 Å². The second kappa shape index (κ2) is 6.80. The van der Waals surface area contributed by atoms with Crippen LogP contribution in [0, 0.1) is 0 Å². The Hall–Kier alpha value is -3.11. The standard InChI is InChI=1S/C17H18F3N5O3/c1-16(2,3)11-8-12(23-28-11)22-15(27)24-7-6-14(26)25(24)13-5-4-10(9-21-13)17(18,19)20/h4-5,8-9H,6-7H2,1-3H3,(H,22,23,27). The van der Waals surface area contributed by atoms with Gasteiger partial charge in [0.1, 0.15) is 5.76 Å². The average molecular weight is 397 g/mol. The summed E-state index contributed by atoms with van der Waals surface area (Å²) < 4.78 is 43.3. The Morgan fingerprint density at radius 1 is 1.25 bits per heavy atom. The minimum absolute atomic E-state index is 0.0161. The summed E-state index contributed by atoms with van der Waals surface area (Å²) in [6.07, 6.45) is -3.91. The summed E-state index contributed by atoms with van der Waals surface area (Å²) in [4.78, 5) is 28.4. The van der Waals surface area contributed by atoms with Crippen molar-refractivity contribution in [3.63, 3.8) is 0 Å². The third kappa shape index (κ3) is 3.92. The molecule has 150 valence electrons. The molecule has 1 aliphatic rings. The highest BCUT2D eigenvalue weighted by Crippen LogP contribution is 2.30. The van der Waals surface area contributed by atoms with Crippen LogP contribution < -0.4 is 10.3 Å². The van der Waals surface area contributed by atoms with Crippen molar-refractivity contribution >= 4 is 23.6 Å². The summed E-state index contributed by atoms with van der Waals surface area (Å²) in [6, 6.07) is 2.73. The van der Waals surface area contributed by atoms with E-state index in [2.05, 4.69) is 15.5 Å². The third-order valence-electron chi connectivity index (χ3n) is 4.03. The fourth-order valence-electron chi connectivity index (χ4n) is 2.53. The fourth-order valence-corrected chi connectivity index (χ4v) is 2.53. The van der Waals surface area contributed by atoms with E-state index in [1.165, 1.54) is 0 Å². The first-order valence-electron chi connectivity index (χ1n) is 8.38. The molecule has 0 aliphatic carbocycles. The Labute approximate surface area is 158 Å². The summed E-state index contributed by atoms with van der Waals surface area (Å²) >= 11 is 0. The molecule has 11 heteroatoms. The first-order valence-corrected chi connectivity index (χ1v) is 8.38. The van der Waals surface area contributed by atoms with Gasteiger partial charge in [-0.05, 0) is 12.1 Å². The molecule has 1 aliphatic heterocycles. The van der Waals surface area contributed by atoms with Crippen LogP contribution in [0.5, 0.6) is 0 Å². The number of pyridine rings is 1. The van der Waals surface area contributed by atoms with Crippen LogP contribution in [-0.2, 0) is 16.4 Å². The second-order valence-electron chi connectivity index (χ2n) is 7.24. The van der Waals surface area contributed by atoms with Gasteiger partial charge in [-0.2, -0.15) is 18.2 Å². The quantitative estimate of drug-likeness (QED) is 0.837. The highest BCUT2D eigenvalue weighted by Gasteiger charge is 2.36. The lowest BCUT2D eigenvalue weighted by atomic mass is 9.93. The summed E-state index contributed by atoms with van der Waals surface area (Å²) in [5.74, 6) is 0.176. The third-order valence-corrected chi connectivity index (χ3v) is 4.03. The molecule has 0 spiro atoms. The molecule has 1 saturated heterocycles. The Bertz CT molecular complexity index is 887. The number of alkyl halides is 3. The lowest BCUT2D eigenvalue weighted by Crippen LogP contribution is -2.45. The topological polar surface area (TPSA) is 91.6 Å². The molecule has 3 amide bonds. The normalized spacial score (nSPS) is 15.3.